The van der Waals surface area contributed by atoms with Crippen molar-refractivity contribution in [1.82, 2.24) is 4.57 Å². The van der Waals surface area contributed by atoms with Crippen LogP contribution in [0.5, 0.6) is 5.88 Å². The quantitative estimate of drug-likeness (QED) is 0.648. The van der Waals surface area contributed by atoms with Crippen LogP contribution in [0.15, 0.2) is 63.1 Å². The van der Waals surface area contributed by atoms with Gasteiger partial charge in [-0.15, -0.1) is 5.11 Å². The number of amides is 1. The van der Waals surface area contributed by atoms with Gasteiger partial charge in [-0.2, -0.15) is 8.42 Å². The van der Waals surface area contributed by atoms with E-state index in [1.54, 1.807) is 24.3 Å². The van der Waals surface area contributed by atoms with Crippen molar-refractivity contribution in [1.29, 1.82) is 0 Å². The molecule has 2 aromatic carbocycles. The smallest absolute Gasteiger partial charge is 0.299 e. The van der Waals surface area contributed by atoms with Crippen molar-refractivity contribution in [2.45, 2.75) is 18.7 Å². The van der Waals surface area contributed by atoms with Crippen LogP contribution in [-0.4, -0.2) is 29.9 Å². The van der Waals surface area contributed by atoms with Crippen molar-refractivity contribution in [3.05, 3.63) is 48.5 Å². The molecule has 28 heavy (non-hydrogen) atoms. The Kier molecular flexibility index (Phi) is 4.97. The van der Waals surface area contributed by atoms with E-state index in [9.17, 15) is 23.1 Å². The third-order valence-electron chi connectivity index (χ3n) is 3.86. The minimum atomic E-state index is -4.16. The normalized spacial score (nSPS) is 11.8. The molecule has 2 N–H and O–H groups in total. The van der Waals surface area contributed by atoms with E-state index in [0.717, 1.165) is 4.57 Å². The number of rotatable bonds is 4. The summed E-state index contributed by atoms with van der Waals surface area (Å²) in [6, 6.07) is 11.9. The number of hydrogen-bond acceptors (Lipinski definition) is 6. The van der Waals surface area contributed by atoms with Gasteiger partial charge in [0.1, 0.15) is 0 Å². The molecule has 0 radical (unpaired) electrons. The Morgan fingerprint density at radius 3 is 2.29 bits per heavy atom. The number of aromatic hydroxyl groups is 1. The van der Waals surface area contributed by atoms with Crippen LogP contribution in [0.1, 0.15) is 18.6 Å². The Hall–Kier alpha value is -3.53. The molecule has 0 bridgehead atoms. The van der Waals surface area contributed by atoms with Crippen molar-refractivity contribution in [3.63, 3.8) is 0 Å². The van der Waals surface area contributed by atoms with Gasteiger partial charge in [-0.3, -0.25) is 9.59 Å². The Bertz CT molecular complexity index is 1210. The van der Waals surface area contributed by atoms with Gasteiger partial charge in [-0.1, -0.05) is 22.7 Å². The van der Waals surface area contributed by atoms with E-state index in [1.807, 2.05) is 0 Å². The van der Waals surface area contributed by atoms with Crippen LogP contribution >= 0.6 is 0 Å². The van der Waals surface area contributed by atoms with Crippen LogP contribution in [0.4, 0.5) is 11.4 Å². The molecule has 9 nitrogen and oxygen atoms in total. The molecular formula is C18H16N4O5S. The minimum absolute atomic E-state index is 0.121. The minimum Gasteiger partial charge on any atom is -0.493 e. The average Bonchev–Trinajstić information content (AvgIpc) is 2.91. The van der Waals surface area contributed by atoms with Crippen molar-refractivity contribution >= 4 is 44.1 Å². The Morgan fingerprint density at radius 2 is 1.68 bits per heavy atom. The van der Waals surface area contributed by atoms with Crippen LogP contribution in [0.2, 0.25) is 0 Å². The molecule has 0 saturated carbocycles. The molecule has 10 heteroatoms. The SMILES string of the molecule is CC(=O)Nc1ccc(S(=O)(=O)N=Nc2c(O)n(C(C)=O)c3ccccc23)cc1. The molecule has 0 aliphatic rings. The second-order valence-electron chi connectivity index (χ2n) is 5.91. The van der Waals surface area contributed by atoms with Gasteiger partial charge in [0.25, 0.3) is 10.0 Å². The average molecular weight is 400 g/mol. The predicted molar refractivity (Wildman–Crippen MR) is 102 cm³/mol. The van der Waals surface area contributed by atoms with Crippen LogP contribution in [0, 0.1) is 0 Å². The van der Waals surface area contributed by atoms with Crippen molar-refractivity contribution in [3.8, 4) is 5.88 Å². The van der Waals surface area contributed by atoms with Gasteiger partial charge in [-0.05, 0) is 30.3 Å². The number of aromatic nitrogens is 1. The zero-order valence-corrected chi connectivity index (χ0v) is 15.8. The molecule has 3 aromatic rings. The molecule has 3 rings (SSSR count). The Labute approximate surface area is 160 Å². The van der Waals surface area contributed by atoms with Crippen LogP contribution in [-0.2, 0) is 14.8 Å². The van der Waals surface area contributed by atoms with Gasteiger partial charge in [0.2, 0.25) is 17.7 Å². The first-order chi connectivity index (χ1) is 13.2. The summed E-state index contributed by atoms with van der Waals surface area (Å²) in [5.41, 5.74) is 0.702. The van der Waals surface area contributed by atoms with E-state index in [4.69, 9.17) is 0 Å². The first kappa shape index (κ1) is 19.2. The number of anilines is 1. The number of fused-ring (bicyclic) bond motifs is 1. The van der Waals surface area contributed by atoms with E-state index in [-0.39, 0.29) is 16.5 Å². The number of para-hydroxylation sites is 1. The van der Waals surface area contributed by atoms with Crippen molar-refractivity contribution in [2.75, 3.05) is 5.32 Å². The number of carbonyl (C=O) groups is 2. The lowest BCUT2D eigenvalue weighted by Crippen LogP contribution is -2.05. The maximum Gasteiger partial charge on any atom is 0.299 e. The highest BCUT2D eigenvalue weighted by molar-refractivity contribution is 7.90. The number of hydrogen-bond donors (Lipinski definition) is 2. The zero-order valence-electron chi connectivity index (χ0n) is 14.9. The van der Waals surface area contributed by atoms with Crippen molar-refractivity contribution in [2.24, 2.45) is 9.63 Å². The highest BCUT2D eigenvalue weighted by atomic mass is 32.2. The van der Waals surface area contributed by atoms with E-state index in [0.29, 0.717) is 16.6 Å². The molecule has 0 aliphatic heterocycles. The van der Waals surface area contributed by atoms with E-state index in [2.05, 4.69) is 15.0 Å². The molecule has 0 aliphatic carbocycles. The molecule has 144 valence electrons. The van der Waals surface area contributed by atoms with Gasteiger partial charge >= 0.3 is 0 Å². The molecule has 0 fully saturated rings. The molecule has 0 saturated heterocycles. The molecule has 1 heterocycles. The summed E-state index contributed by atoms with van der Waals surface area (Å²) in [6.45, 7) is 2.60. The van der Waals surface area contributed by atoms with Gasteiger partial charge in [-0.25, -0.2) is 4.57 Å². The fourth-order valence-electron chi connectivity index (χ4n) is 2.68. The first-order valence-corrected chi connectivity index (χ1v) is 9.54. The molecule has 1 amide bonds. The van der Waals surface area contributed by atoms with Crippen LogP contribution in [0.3, 0.4) is 0 Å². The summed E-state index contributed by atoms with van der Waals surface area (Å²) in [5.74, 6) is -1.23. The maximum absolute atomic E-state index is 12.4. The van der Waals surface area contributed by atoms with Crippen LogP contribution < -0.4 is 5.32 Å². The fourth-order valence-corrected chi connectivity index (χ4v) is 3.45. The lowest BCUT2D eigenvalue weighted by atomic mass is 10.2. The molecule has 0 spiro atoms. The standard InChI is InChI=1S/C18H16N4O5S/c1-11(23)19-13-7-9-14(10-8-13)28(26,27)21-20-17-15-5-3-4-6-16(15)22(12(2)24)18(17)25/h3-10,25H,1-2H3,(H,19,23). The molecular weight excluding hydrogens is 384 g/mol. The number of nitrogens with one attached hydrogen (secondary N) is 1. The number of benzene rings is 2. The number of sulfonamides is 1. The number of carbonyl (C=O) groups excluding carboxylic acids is 2. The number of nitrogens with zero attached hydrogens (tertiary/aromatic N) is 3. The summed E-state index contributed by atoms with van der Waals surface area (Å²) < 4.78 is 29.3. The van der Waals surface area contributed by atoms with Gasteiger partial charge in [0.15, 0.2) is 5.69 Å². The van der Waals surface area contributed by atoms with E-state index < -0.39 is 21.8 Å². The second-order valence-corrected chi connectivity index (χ2v) is 7.49. The lowest BCUT2D eigenvalue weighted by Gasteiger charge is -2.02. The monoisotopic (exact) mass is 400 g/mol. The first-order valence-electron chi connectivity index (χ1n) is 8.10. The van der Waals surface area contributed by atoms with Crippen LogP contribution in [0.25, 0.3) is 10.9 Å². The summed E-state index contributed by atoms with van der Waals surface area (Å²) >= 11 is 0. The molecule has 1 aromatic heterocycles. The van der Waals surface area contributed by atoms with E-state index >= 15 is 0 Å². The van der Waals surface area contributed by atoms with Gasteiger partial charge < -0.3 is 10.4 Å². The predicted octanol–water partition coefficient (Wildman–Crippen LogP) is 3.44. The largest absolute Gasteiger partial charge is 0.493 e. The third kappa shape index (κ3) is 3.62. The fraction of sp³-hybridized carbons (Fsp3) is 0.111. The lowest BCUT2D eigenvalue weighted by molar-refractivity contribution is -0.114. The summed E-state index contributed by atoms with van der Waals surface area (Å²) in [7, 11) is -4.16. The summed E-state index contributed by atoms with van der Waals surface area (Å²) in [6.07, 6.45) is 0. The topological polar surface area (TPSA) is 130 Å². The van der Waals surface area contributed by atoms with E-state index in [1.165, 1.54) is 38.1 Å². The Morgan fingerprint density at radius 1 is 1.04 bits per heavy atom. The second kappa shape index (κ2) is 7.24. The highest BCUT2D eigenvalue weighted by Crippen LogP contribution is 2.39. The summed E-state index contributed by atoms with van der Waals surface area (Å²) in [4.78, 5) is 22.7. The highest BCUT2D eigenvalue weighted by Gasteiger charge is 2.20. The van der Waals surface area contributed by atoms with Gasteiger partial charge in [0, 0.05) is 24.9 Å². The maximum atomic E-state index is 12.4. The zero-order chi connectivity index (χ0) is 20.5. The third-order valence-corrected chi connectivity index (χ3v) is 5.02. The van der Waals surface area contributed by atoms with Crippen molar-refractivity contribution < 1.29 is 23.1 Å². The Balaban J connectivity index is 2.00. The summed E-state index contributed by atoms with van der Waals surface area (Å²) in [5, 5.41) is 16.9. The van der Waals surface area contributed by atoms with Gasteiger partial charge in [0.05, 0.1) is 10.4 Å². The molecule has 0 unspecified atom stereocenters. The molecule has 0 atom stereocenters.